The lowest BCUT2D eigenvalue weighted by atomic mass is 10.0. The van der Waals surface area contributed by atoms with E-state index >= 15 is 0 Å². The summed E-state index contributed by atoms with van der Waals surface area (Å²) in [6.07, 6.45) is 3.18. The van der Waals surface area contributed by atoms with Gasteiger partial charge in [0.05, 0.1) is 10.6 Å². The highest BCUT2D eigenvalue weighted by Crippen LogP contribution is 2.26. The van der Waals surface area contributed by atoms with Gasteiger partial charge in [0.25, 0.3) is 5.91 Å². The molecule has 0 aliphatic heterocycles. The third-order valence-corrected chi connectivity index (χ3v) is 4.00. The molecule has 0 spiro atoms. The summed E-state index contributed by atoms with van der Waals surface area (Å²) in [7, 11) is 0. The van der Waals surface area contributed by atoms with E-state index in [9.17, 15) is 4.79 Å². The summed E-state index contributed by atoms with van der Waals surface area (Å²) in [5.74, 6) is 0.224. The topological polar surface area (TPSA) is 55.1 Å². The van der Waals surface area contributed by atoms with Crippen molar-refractivity contribution in [3.05, 3.63) is 33.8 Å². The van der Waals surface area contributed by atoms with Crippen LogP contribution >= 0.6 is 35.6 Å². The Kier molecular flexibility index (Phi) is 6.40. The largest absolute Gasteiger partial charge is 0.349 e. The van der Waals surface area contributed by atoms with Crippen LogP contribution in [0, 0.1) is 5.92 Å². The van der Waals surface area contributed by atoms with E-state index in [2.05, 4.69) is 5.32 Å². The van der Waals surface area contributed by atoms with Crippen LogP contribution in [0.5, 0.6) is 0 Å². The minimum atomic E-state index is -0.151. The molecule has 19 heavy (non-hydrogen) atoms. The zero-order chi connectivity index (χ0) is 13.1. The molecule has 1 saturated carbocycles. The van der Waals surface area contributed by atoms with Crippen molar-refractivity contribution in [2.75, 3.05) is 6.54 Å². The number of nitrogens with two attached hydrogens (primary N) is 1. The zero-order valence-corrected chi connectivity index (χ0v) is 12.7. The fourth-order valence-corrected chi connectivity index (χ4v) is 2.92. The summed E-state index contributed by atoms with van der Waals surface area (Å²) in [5, 5.41) is 3.91. The molecule has 3 N–H and O–H groups in total. The van der Waals surface area contributed by atoms with Gasteiger partial charge in [-0.3, -0.25) is 4.79 Å². The number of benzene rings is 1. The molecule has 0 bridgehead atoms. The smallest absolute Gasteiger partial charge is 0.253 e. The van der Waals surface area contributed by atoms with E-state index in [-0.39, 0.29) is 24.4 Å². The second kappa shape index (κ2) is 7.34. The highest BCUT2D eigenvalue weighted by Gasteiger charge is 2.28. The molecule has 0 heterocycles. The summed E-state index contributed by atoms with van der Waals surface area (Å²) in [6, 6.07) is 5.05. The van der Waals surface area contributed by atoms with Crippen molar-refractivity contribution in [2.24, 2.45) is 11.7 Å². The molecule has 1 aromatic carbocycles. The lowest BCUT2D eigenvalue weighted by Crippen LogP contribution is -2.39. The van der Waals surface area contributed by atoms with Gasteiger partial charge in [0.1, 0.15) is 0 Å². The molecule has 3 nitrogen and oxygen atoms in total. The number of hydrogen-bond acceptors (Lipinski definition) is 2. The van der Waals surface area contributed by atoms with Gasteiger partial charge in [-0.2, -0.15) is 0 Å². The van der Waals surface area contributed by atoms with Crippen LogP contribution in [0.1, 0.15) is 29.6 Å². The zero-order valence-electron chi connectivity index (χ0n) is 10.4. The molecule has 106 valence electrons. The molecule has 0 radical (unpaired) electrons. The standard InChI is InChI=1S/C13H16Cl2N2O.ClH/c14-9-4-5-10(11(15)6-9)13(18)17-12-3-1-2-8(12)7-16;/h4-6,8,12H,1-3,7,16H2,(H,17,18);1H. The molecule has 2 atom stereocenters. The normalized spacial score (nSPS) is 21.8. The van der Waals surface area contributed by atoms with Crippen molar-refractivity contribution in [1.82, 2.24) is 5.32 Å². The first-order valence-corrected chi connectivity index (χ1v) is 6.83. The fraction of sp³-hybridized carbons (Fsp3) is 0.462. The number of carbonyl (C=O) groups is 1. The molecule has 1 amide bonds. The molecular formula is C13H17Cl3N2O. The minimum absolute atomic E-state index is 0. The highest BCUT2D eigenvalue weighted by atomic mass is 35.5. The van der Waals surface area contributed by atoms with Crippen LogP contribution < -0.4 is 11.1 Å². The SMILES string of the molecule is Cl.NCC1CCCC1NC(=O)c1ccc(Cl)cc1Cl. The average Bonchev–Trinajstić information content (AvgIpc) is 2.76. The van der Waals surface area contributed by atoms with Crippen molar-refractivity contribution in [2.45, 2.75) is 25.3 Å². The number of halogens is 3. The van der Waals surface area contributed by atoms with Crippen LogP contribution in [-0.2, 0) is 0 Å². The van der Waals surface area contributed by atoms with Gasteiger partial charge in [-0.25, -0.2) is 0 Å². The van der Waals surface area contributed by atoms with Gasteiger partial charge in [0, 0.05) is 11.1 Å². The summed E-state index contributed by atoms with van der Waals surface area (Å²) < 4.78 is 0. The first-order chi connectivity index (χ1) is 8.61. The predicted molar refractivity (Wildman–Crippen MR) is 81.4 cm³/mol. The number of carbonyl (C=O) groups excluding carboxylic acids is 1. The maximum absolute atomic E-state index is 12.1. The van der Waals surface area contributed by atoms with Crippen LogP contribution in [0.3, 0.4) is 0 Å². The van der Waals surface area contributed by atoms with Crippen LogP contribution in [-0.4, -0.2) is 18.5 Å². The van der Waals surface area contributed by atoms with E-state index in [4.69, 9.17) is 28.9 Å². The lowest BCUT2D eigenvalue weighted by Gasteiger charge is -2.19. The van der Waals surface area contributed by atoms with Crippen molar-refractivity contribution in [3.63, 3.8) is 0 Å². The maximum atomic E-state index is 12.1. The second-order valence-corrected chi connectivity index (χ2v) is 5.47. The van der Waals surface area contributed by atoms with Crippen LogP contribution in [0.15, 0.2) is 18.2 Å². The molecular weight excluding hydrogens is 307 g/mol. The molecule has 0 saturated heterocycles. The summed E-state index contributed by atoms with van der Waals surface area (Å²) in [6.45, 7) is 0.610. The summed E-state index contributed by atoms with van der Waals surface area (Å²) >= 11 is 11.8. The number of rotatable bonds is 3. The van der Waals surface area contributed by atoms with Gasteiger partial charge in [0.15, 0.2) is 0 Å². The molecule has 1 aliphatic rings. The summed E-state index contributed by atoms with van der Waals surface area (Å²) in [4.78, 5) is 12.1. The monoisotopic (exact) mass is 322 g/mol. The van der Waals surface area contributed by atoms with Crippen LogP contribution in [0.2, 0.25) is 10.0 Å². The quantitative estimate of drug-likeness (QED) is 0.897. The molecule has 0 aromatic heterocycles. The predicted octanol–water partition coefficient (Wildman–Crippen LogP) is 3.27. The maximum Gasteiger partial charge on any atom is 0.253 e. The van der Waals surface area contributed by atoms with Crippen molar-refractivity contribution in [1.29, 1.82) is 0 Å². The summed E-state index contributed by atoms with van der Waals surface area (Å²) in [5.41, 5.74) is 6.16. The van der Waals surface area contributed by atoms with Gasteiger partial charge in [-0.05, 0) is 43.5 Å². The Morgan fingerprint density at radius 1 is 1.37 bits per heavy atom. The molecule has 1 aliphatic carbocycles. The lowest BCUT2D eigenvalue weighted by molar-refractivity contribution is 0.0929. The van der Waals surface area contributed by atoms with Gasteiger partial charge in [-0.1, -0.05) is 29.6 Å². The molecule has 1 fully saturated rings. The Morgan fingerprint density at radius 2 is 2.11 bits per heavy atom. The molecule has 2 rings (SSSR count). The molecule has 2 unspecified atom stereocenters. The number of amides is 1. The molecule has 6 heteroatoms. The van der Waals surface area contributed by atoms with E-state index in [1.807, 2.05) is 0 Å². The fourth-order valence-electron chi connectivity index (χ4n) is 2.43. The van der Waals surface area contributed by atoms with Gasteiger partial charge in [-0.15, -0.1) is 12.4 Å². The van der Waals surface area contributed by atoms with E-state index in [0.29, 0.717) is 28.1 Å². The highest BCUT2D eigenvalue weighted by molar-refractivity contribution is 6.36. The third kappa shape index (κ3) is 3.99. The average molecular weight is 324 g/mol. The van der Waals surface area contributed by atoms with E-state index < -0.39 is 0 Å². The van der Waals surface area contributed by atoms with E-state index in [1.165, 1.54) is 0 Å². The second-order valence-electron chi connectivity index (χ2n) is 4.63. The Bertz CT molecular complexity index is 454. The Balaban J connectivity index is 0.00000180. The Labute approximate surface area is 129 Å². The number of hydrogen-bond donors (Lipinski definition) is 2. The van der Waals surface area contributed by atoms with E-state index in [0.717, 1.165) is 19.3 Å². The van der Waals surface area contributed by atoms with Gasteiger partial charge in [0.2, 0.25) is 0 Å². The van der Waals surface area contributed by atoms with Crippen molar-refractivity contribution >= 4 is 41.5 Å². The first-order valence-electron chi connectivity index (χ1n) is 6.08. The number of nitrogens with one attached hydrogen (secondary N) is 1. The minimum Gasteiger partial charge on any atom is -0.349 e. The Morgan fingerprint density at radius 3 is 2.74 bits per heavy atom. The third-order valence-electron chi connectivity index (χ3n) is 3.45. The van der Waals surface area contributed by atoms with Gasteiger partial charge >= 0.3 is 0 Å². The van der Waals surface area contributed by atoms with Crippen molar-refractivity contribution in [3.8, 4) is 0 Å². The Hall–Kier alpha value is -0.480. The van der Waals surface area contributed by atoms with Gasteiger partial charge < -0.3 is 11.1 Å². The van der Waals surface area contributed by atoms with Crippen LogP contribution in [0.4, 0.5) is 0 Å². The van der Waals surface area contributed by atoms with Crippen LogP contribution in [0.25, 0.3) is 0 Å². The van der Waals surface area contributed by atoms with E-state index in [1.54, 1.807) is 18.2 Å². The van der Waals surface area contributed by atoms with Crippen molar-refractivity contribution < 1.29 is 4.79 Å². The molecule has 1 aromatic rings. The first kappa shape index (κ1) is 16.6.